The zero-order chi connectivity index (χ0) is 16.9. The minimum Gasteiger partial charge on any atom is -0.508 e. The van der Waals surface area contributed by atoms with Gasteiger partial charge in [-0.3, -0.25) is 10.1 Å². The van der Waals surface area contributed by atoms with Crippen LogP contribution in [-0.4, -0.2) is 35.0 Å². The lowest BCUT2D eigenvalue weighted by atomic mass is 10.0. The molecule has 7 nitrogen and oxygen atoms in total. The fourth-order valence-electron chi connectivity index (χ4n) is 1.70. The van der Waals surface area contributed by atoms with Gasteiger partial charge in [0.25, 0.3) is 0 Å². The molecule has 0 aromatic heterocycles. The van der Waals surface area contributed by atoms with Crippen molar-refractivity contribution >= 4 is 17.7 Å². The molecule has 3 N–H and O–H groups in total. The summed E-state index contributed by atoms with van der Waals surface area (Å²) in [6, 6.07) is 4.02. The van der Waals surface area contributed by atoms with E-state index in [9.17, 15) is 19.8 Å². The number of methoxy groups -OCH3 is 1. The second-order valence-corrected chi connectivity index (χ2v) is 5.69. The summed E-state index contributed by atoms with van der Waals surface area (Å²) >= 11 is 0. The number of phenols is 1. The molecule has 0 radical (unpaired) electrons. The molecule has 1 unspecified atom stereocenters. The molecular weight excluding hydrogens is 290 g/mol. The highest BCUT2D eigenvalue weighted by Crippen LogP contribution is 2.29. The molecule has 22 heavy (non-hydrogen) atoms. The second kappa shape index (κ2) is 7.13. The first-order chi connectivity index (χ1) is 10.1. The second-order valence-electron chi connectivity index (χ2n) is 5.69. The van der Waals surface area contributed by atoms with E-state index in [2.05, 4.69) is 10.1 Å². The number of amides is 1. The fraction of sp³-hybridized carbons (Fsp3) is 0.467. The maximum atomic E-state index is 11.8. The SMILES string of the molecule is COC(=O)CC(O)c1cc(O)ccc1NC(=O)OC(C)(C)C. The Bertz CT molecular complexity index is 549. The predicted molar refractivity (Wildman–Crippen MR) is 79.6 cm³/mol. The third-order valence-electron chi connectivity index (χ3n) is 2.62. The van der Waals surface area contributed by atoms with Gasteiger partial charge in [0.1, 0.15) is 11.4 Å². The standard InChI is InChI=1S/C15H21NO6/c1-15(2,3)22-14(20)16-11-6-5-9(17)7-10(11)12(18)8-13(19)21-4/h5-7,12,17-18H,8H2,1-4H3,(H,16,20). The molecule has 0 spiro atoms. The molecule has 1 aromatic rings. The van der Waals surface area contributed by atoms with E-state index < -0.39 is 23.8 Å². The van der Waals surface area contributed by atoms with Gasteiger partial charge in [0, 0.05) is 5.56 Å². The van der Waals surface area contributed by atoms with E-state index in [1.54, 1.807) is 20.8 Å². The number of anilines is 1. The fourth-order valence-corrected chi connectivity index (χ4v) is 1.70. The van der Waals surface area contributed by atoms with Crippen LogP contribution in [0.2, 0.25) is 0 Å². The van der Waals surface area contributed by atoms with E-state index in [1.165, 1.54) is 25.3 Å². The molecule has 0 saturated heterocycles. The number of carbonyl (C=O) groups excluding carboxylic acids is 2. The summed E-state index contributed by atoms with van der Waals surface area (Å²) in [5.74, 6) is -0.715. The van der Waals surface area contributed by atoms with Crippen LogP contribution in [0, 0.1) is 0 Å². The first-order valence-corrected chi connectivity index (χ1v) is 6.70. The number of ether oxygens (including phenoxy) is 2. The van der Waals surface area contributed by atoms with Crippen LogP contribution in [0.5, 0.6) is 5.75 Å². The van der Waals surface area contributed by atoms with Gasteiger partial charge in [-0.2, -0.15) is 0 Å². The van der Waals surface area contributed by atoms with Crippen molar-refractivity contribution < 1.29 is 29.3 Å². The number of hydrogen-bond acceptors (Lipinski definition) is 6. The van der Waals surface area contributed by atoms with Crippen LogP contribution in [0.15, 0.2) is 18.2 Å². The van der Waals surface area contributed by atoms with E-state index in [0.29, 0.717) is 0 Å². The number of esters is 1. The zero-order valence-electron chi connectivity index (χ0n) is 13.0. The Morgan fingerprint density at radius 2 is 1.95 bits per heavy atom. The average molecular weight is 311 g/mol. The molecule has 1 aromatic carbocycles. The Kier molecular flexibility index (Phi) is 5.76. The minimum absolute atomic E-state index is 0.103. The first-order valence-electron chi connectivity index (χ1n) is 6.70. The normalized spacial score (nSPS) is 12.4. The number of phenolic OH excluding ortho intramolecular Hbond substituents is 1. The van der Waals surface area contributed by atoms with Crippen molar-refractivity contribution in [2.24, 2.45) is 0 Å². The van der Waals surface area contributed by atoms with Gasteiger partial charge in [0.15, 0.2) is 0 Å². The number of aliphatic hydroxyl groups excluding tert-OH is 1. The molecule has 7 heteroatoms. The molecule has 122 valence electrons. The highest BCUT2D eigenvalue weighted by Gasteiger charge is 2.21. The monoisotopic (exact) mass is 311 g/mol. The Labute approximate surface area is 128 Å². The summed E-state index contributed by atoms with van der Waals surface area (Å²) in [5.41, 5.74) is -0.245. The summed E-state index contributed by atoms with van der Waals surface area (Å²) in [6.07, 6.45) is -2.24. The summed E-state index contributed by atoms with van der Waals surface area (Å²) < 4.78 is 9.61. The molecule has 0 aliphatic rings. The zero-order valence-corrected chi connectivity index (χ0v) is 13.0. The molecule has 1 amide bonds. The van der Waals surface area contributed by atoms with Gasteiger partial charge < -0.3 is 19.7 Å². The third kappa shape index (κ3) is 5.61. The van der Waals surface area contributed by atoms with Gasteiger partial charge in [-0.1, -0.05) is 0 Å². The topological polar surface area (TPSA) is 105 Å². The molecule has 0 fully saturated rings. The van der Waals surface area contributed by atoms with Gasteiger partial charge in [-0.25, -0.2) is 4.79 Å². The lowest BCUT2D eigenvalue weighted by Gasteiger charge is -2.21. The largest absolute Gasteiger partial charge is 0.508 e. The Morgan fingerprint density at radius 3 is 2.50 bits per heavy atom. The number of benzene rings is 1. The molecule has 0 aliphatic heterocycles. The van der Waals surface area contributed by atoms with E-state index in [0.717, 1.165) is 0 Å². The molecule has 0 bridgehead atoms. The number of carbonyl (C=O) groups is 2. The van der Waals surface area contributed by atoms with Crippen LogP contribution in [-0.2, 0) is 14.3 Å². The molecule has 0 heterocycles. The van der Waals surface area contributed by atoms with Crippen molar-refractivity contribution in [3.63, 3.8) is 0 Å². The van der Waals surface area contributed by atoms with E-state index >= 15 is 0 Å². The smallest absolute Gasteiger partial charge is 0.412 e. The number of hydrogen-bond donors (Lipinski definition) is 3. The lowest BCUT2D eigenvalue weighted by molar-refractivity contribution is -0.142. The number of rotatable bonds is 4. The number of aliphatic hydroxyl groups is 1. The van der Waals surface area contributed by atoms with Crippen LogP contribution in [0.1, 0.15) is 38.9 Å². The van der Waals surface area contributed by atoms with Gasteiger partial charge >= 0.3 is 12.1 Å². The highest BCUT2D eigenvalue weighted by atomic mass is 16.6. The summed E-state index contributed by atoms with van der Waals surface area (Å²) in [6.45, 7) is 5.16. The Hall–Kier alpha value is -2.28. The highest BCUT2D eigenvalue weighted by molar-refractivity contribution is 5.86. The van der Waals surface area contributed by atoms with E-state index in [4.69, 9.17) is 4.74 Å². The molecule has 1 atom stereocenters. The van der Waals surface area contributed by atoms with Crippen LogP contribution in [0.3, 0.4) is 0 Å². The van der Waals surface area contributed by atoms with Crippen molar-refractivity contribution in [3.05, 3.63) is 23.8 Å². The maximum Gasteiger partial charge on any atom is 0.412 e. The number of aromatic hydroxyl groups is 1. The average Bonchev–Trinajstić information content (AvgIpc) is 2.38. The van der Waals surface area contributed by atoms with Gasteiger partial charge in [0.05, 0.1) is 25.3 Å². The predicted octanol–water partition coefficient (Wildman–Crippen LogP) is 2.34. The maximum absolute atomic E-state index is 11.8. The van der Waals surface area contributed by atoms with Crippen molar-refractivity contribution in [2.45, 2.75) is 38.9 Å². The molecular formula is C15H21NO6. The minimum atomic E-state index is -1.23. The van der Waals surface area contributed by atoms with Crippen LogP contribution >= 0.6 is 0 Å². The van der Waals surface area contributed by atoms with Crippen LogP contribution < -0.4 is 5.32 Å². The summed E-state index contributed by atoms with van der Waals surface area (Å²) in [7, 11) is 1.21. The van der Waals surface area contributed by atoms with Crippen molar-refractivity contribution in [3.8, 4) is 5.75 Å². The van der Waals surface area contributed by atoms with Gasteiger partial charge in [-0.15, -0.1) is 0 Å². The van der Waals surface area contributed by atoms with Gasteiger partial charge in [0.2, 0.25) is 0 Å². The summed E-state index contributed by atoms with van der Waals surface area (Å²) in [5, 5.41) is 22.1. The van der Waals surface area contributed by atoms with Crippen molar-refractivity contribution in [1.82, 2.24) is 0 Å². The lowest BCUT2D eigenvalue weighted by Crippen LogP contribution is -2.27. The summed E-state index contributed by atoms with van der Waals surface area (Å²) in [4.78, 5) is 23.0. The Morgan fingerprint density at radius 1 is 1.32 bits per heavy atom. The van der Waals surface area contributed by atoms with Crippen LogP contribution in [0.25, 0.3) is 0 Å². The van der Waals surface area contributed by atoms with Crippen LogP contribution in [0.4, 0.5) is 10.5 Å². The first kappa shape index (κ1) is 17.8. The quantitative estimate of drug-likeness (QED) is 0.582. The molecule has 0 aliphatic carbocycles. The van der Waals surface area contributed by atoms with E-state index in [-0.39, 0.29) is 23.4 Å². The van der Waals surface area contributed by atoms with Crippen molar-refractivity contribution in [1.29, 1.82) is 0 Å². The Balaban J connectivity index is 2.95. The van der Waals surface area contributed by atoms with E-state index in [1.807, 2.05) is 0 Å². The number of nitrogens with one attached hydrogen (secondary N) is 1. The van der Waals surface area contributed by atoms with Gasteiger partial charge in [-0.05, 0) is 39.0 Å². The van der Waals surface area contributed by atoms with Crippen molar-refractivity contribution in [2.75, 3.05) is 12.4 Å². The third-order valence-corrected chi connectivity index (χ3v) is 2.62. The molecule has 0 saturated carbocycles. The molecule has 1 rings (SSSR count).